The van der Waals surface area contributed by atoms with E-state index in [1.54, 1.807) is 6.33 Å². The average Bonchev–Trinajstić information content (AvgIpc) is 3.26. The van der Waals surface area contributed by atoms with Gasteiger partial charge in [-0.2, -0.15) is 0 Å². The van der Waals surface area contributed by atoms with E-state index in [9.17, 15) is 0 Å². The Morgan fingerprint density at radius 2 is 1.59 bits per heavy atom. The van der Waals surface area contributed by atoms with Gasteiger partial charge in [-0.25, -0.2) is 4.98 Å². The Kier molecular flexibility index (Phi) is 10.9. The van der Waals surface area contributed by atoms with Crippen molar-refractivity contribution in [3.63, 3.8) is 0 Å². The molecule has 2 aromatic carbocycles. The number of H-pyrrole nitrogens is 1. The number of aromatic amines is 1. The number of aromatic nitrogens is 2. The largest absolute Gasteiger partial charge is 0.348 e. The molecule has 1 heterocycles. The van der Waals surface area contributed by atoms with Crippen LogP contribution in [0.5, 0.6) is 0 Å². The number of imidazole rings is 1. The molecule has 0 fully saturated rings. The first-order valence-corrected chi connectivity index (χ1v) is 13.1. The first-order valence-electron chi connectivity index (χ1n) is 11.8. The zero-order valence-electron chi connectivity index (χ0n) is 20.7. The molecule has 0 radical (unpaired) electrons. The lowest BCUT2D eigenvalue weighted by Gasteiger charge is -2.20. The molecule has 3 rings (SSSR count). The van der Waals surface area contributed by atoms with Crippen LogP contribution in [0.1, 0.15) is 78.1 Å². The molecular formula is C27H38BClN2S. The minimum Gasteiger partial charge on any atom is -0.348 e. The normalized spacial score (nSPS) is 11.1. The van der Waals surface area contributed by atoms with E-state index in [1.165, 1.54) is 39.4 Å². The number of hydrogen-bond donors (Lipinski definition) is 1. The Balaban J connectivity index is 0.000000278. The van der Waals surface area contributed by atoms with E-state index in [2.05, 4.69) is 94.8 Å². The van der Waals surface area contributed by atoms with E-state index in [0.717, 1.165) is 5.02 Å². The van der Waals surface area contributed by atoms with Crippen molar-refractivity contribution in [1.82, 2.24) is 9.97 Å². The van der Waals surface area contributed by atoms with Gasteiger partial charge in [0.05, 0.1) is 12.0 Å². The quantitative estimate of drug-likeness (QED) is 0.273. The Hall–Kier alpha value is -1.65. The number of halogens is 1. The van der Waals surface area contributed by atoms with Crippen molar-refractivity contribution in [1.29, 1.82) is 0 Å². The highest BCUT2D eigenvalue weighted by atomic mass is 35.5. The van der Waals surface area contributed by atoms with Crippen LogP contribution in [0, 0.1) is 0 Å². The van der Waals surface area contributed by atoms with Crippen molar-refractivity contribution in [3.05, 3.63) is 71.3 Å². The zero-order valence-corrected chi connectivity index (χ0v) is 22.2. The van der Waals surface area contributed by atoms with E-state index < -0.39 is 0 Å². The van der Waals surface area contributed by atoms with Crippen LogP contribution >= 0.6 is 23.4 Å². The molecule has 0 saturated heterocycles. The SMILES string of the molecule is CC(C)c1nc[nH]c1C(C)C.CCCSc1ccc(B(c2ccccc2Cl)C(C)C)cc1. The van der Waals surface area contributed by atoms with Crippen LogP contribution in [-0.2, 0) is 0 Å². The summed E-state index contributed by atoms with van der Waals surface area (Å²) in [7, 11) is 0. The summed E-state index contributed by atoms with van der Waals surface area (Å²) in [6.45, 7) is 15.8. The van der Waals surface area contributed by atoms with Crippen molar-refractivity contribution in [2.24, 2.45) is 0 Å². The van der Waals surface area contributed by atoms with Crippen LogP contribution in [0.25, 0.3) is 0 Å². The van der Waals surface area contributed by atoms with Crippen LogP contribution < -0.4 is 10.9 Å². The predicted molar refractivity (Wildman–Crippen MR) is 146 cm³/mol. The van der Waals surface area contributed by atoms with Gasteiger partial charge in [0.1, 0.15) is 0 Å². The second-order valence-electron chi connectivity index (χ2n) is 9.17. The summed E-state index contributed by atoms with van der Waals surface area (Å²) in [5.41, 5.74) is 5.06. The molecule has 0 saturated carbocycles. The third kappa shape index (κ3) is 7.45. The Labute approximate surface area is 205 Å². The van der Waals surface area contributed by atoms with Crippen molar-refractivity contribution in [3.8, 4) is 0 Å². The van der Waals surface area contributed by atoms with E-state index in [0.29, 0.717) is 24.4 Å². The van der Waals surface area contributed by atoms with Gasteiger partial charge in [0, 0.05) is 15.6 Å². The maximum absolute atomic E-state index is 6.41. The molecule has 0 aliphatic carbocycles. The summed E-state index contributed by atoms with van der Waals surface area (Å²) in [6, 6.07) is 17.2. The van der Waals surface area contributed by atoms with E-state index in [-0.39, 0.29) is 0 Å². The van der Waals surface area contributed by atoms with Gasteiger partial charge in [-0.15, -0.1) is 11.8 Å². The van der Waals surface area contributed by atoms with Gasteiger partial charge in [-0.3, -0.25) is 0 Å². The van der Waals surface area contributed by atoms with Crippen LogP contribution in [0.3, 0.4) is 0 Å². The van der Waals surface area contributed by atoms with Gasteiger partial charge < -0.3 is 4.98 Å². The molecule has 1 N–H and O–H groups in total. The molecule has 5 heteroatoms. The summed E-state index contributed by atoms with van der Waals surface area (Å²) in [5.74, 6) is 2.77. The summed E-state index contributed by atoms with van der Waals surface area (Å²) in [4.78, 5) is 8.81. The molecule has 0 bridgehead atoms. The lowest BCUT2D eigenvalue weighted by atomic mass is 9.34. The third-order valence-corrected chi connectivity index (χ3v) is 7.00. The minimum absolute atomic E-state index is 0.351. The minimum atomic E-state index is 0.351. The second-order valence-corrected chi connectivity index (χ2v) is 10.7. The molecule has 3 aromatic rings. The van der Waals surface area contributed by atoms with Gasteiger partial charge in [-0.1, -0.05) is 107 Å². The molecule has 0 aliphatic heterocycles. The predicted octanol–water partition coefficient (Wildman–Crippen LogP) is 7.52. The fraction of sp³-hybridized carbons (Fsp3) is 0.444. The molecule has 1 aromatic heterocycles. The monoisotopic (exact) mass is 468 g/mol. The van der Waals surface area contributed by atoms with Crippen molar-refractivity contribution >= 4 is 41.0 Å². The Morgan fingerprint density at radius 3 is 2.09 bits per heavy atom. The molecule has 172 valence electrons. The topological polar surface area (TPSA) is 28.7 Å². The number of hydrogen-bond acceptors (Lipinski definition) is 2. The van der Waals surface area contributed by atoms with E-state index in [1.807, 2.05) is 23.9 Å². The van der Waals surface area contributed by atoms with E-state index >= 15 is 0 Å². The highest BCUT2D eigenvalue weighted by Gasteiger charge is 2.24. The molecule has 0 spiro atoms. The smallest absolute Gasteiger partial charge is 0.213 e. The van der Waals surface area contributed by atoms with Crippen LogP contribution in [-0.4, -0.2) is 22.4 Å². The lowest BCUT2D eigenvalue weighted by molar-refractivity contribution is 0.759. The van der Waals surface area contributed by atoms with Gasteiger partial charge >= 0.3 is 0 Å². The molecule has 0 aliphatic rings. The van der Waals surface area contributed by atoms with Crippen LogP contribution in [0.4, 0.5) is 0 Å². The number of nitrogens with zero attached hydrogens (tertiary/aromatic N) is 1. The fourth-order valence-electron chi connectivity index (χ4n) is 3.88. The van der Waals surface area contributed by atoms with Gasteiger partial charge in [0.25, 0.3) is 0 Å². The van der Waals surface area contributed by atoms with Crippen molar-refractivity contribution in [2.45, 2.75) is 77.4 Å². The molecule has 0 amide bonds. The first kappa shape index (κ1) is 26.6. The number of rotatable bonds is 8. The zero-order chi connectivity index (χ0) is 23.7. The highest BCUT2D eigenvalue weighted by Crippen LogP contribution is 2.22. The molecule has 32 heavy (non-hydrogen) atoms. The molecule has 0 unspecified atom stereocenters. The first-order chi connectivity index (χ1) is 15.3. The van der Waals surface area contributed by atoms with Gasteiger partial charge in [-0.05, 0) is 42.2 Å². The Bertz CT molecular complexity index is 912. The number of nitrogens with one attached hydrogen (secondary N) is 1. The third-order valence-electron chi connectivity index (χ3n) is 5.44. The molecule has 0 atom stereocenters. The second kappa shape index (κ2) is 13.2. The van der Waals surface area contributed by atoms with Crippen LogP contribution in [0.15, 0.2) is 59.8 Å². The standard InChI is InChI=1S/C18H22BClS.C9H16N2/c1-4-13-21-16-11-9-15(10-12-16)19(14(2)3)17-7-5-6-8-18(17)20;1-6(2)8-9(7(3)4)11-5-10-8/h5-12,14H,4,13H2,1-3H3;5-7H,1-4H3,(H,10,11). The number of benzene rings is 2. The van der Waals surface area contributed by atoms with Gasteiger partial charge in [0.2, 0.25) is 6.71 Å². The summed E-state index contributed by atoms with van der Waals surface area (Å²) in [5, 5.41) is 0.862. The Morgan fingerprint density at radius 1 is 0.938 bits per heavy atom. The van der Waals surface area contributed by atoms with E-state index in [4.69, 9.17) is 11.6 Å². The summed E-state index contributed by atoms with van der Waals surface area (Å²) >= 11 is 8.33. The van der Waals surface area contributed by atoms with Gasteiger partial charge in [0.15, 0.2) is 0 Å². The maximum Gasteiger partial charge on any atom is 0.213 e. The highest BCUT2D eigenvalue weighted by molar-refractivity contribution is 7.99. The van der Waals surface area contributed by atoms with Crippen molar-refractivity contribution in [2.75, 3.05) is 5.75 Å². The maximum atomic E-state index is 6.41. The number of thioether (sulfide) groups is 1. The summed E-state index contributed by atoms with van der Waals surface area (Å²) < 4.78 is 0. The van der Waals surface area contributed by atoms with Crippen molar-refractivity contribution < 1.29 is 0 Å². The molecule has 2 nitrogen and oxygen atoms in total. The average molecular weight is 469 g/mol. The lowest BCUT2D eigenvalue weighted by Crippen LogP contribution is -2.45. The summed E-state index contributed by atoms with van der Waals surface area (Å²) in [6.07, 6.45) is 2.99. The molecular weight excluding hydrogens is 431 g/mol. The fourth-order valence-corrected chi connectivity index (χ4v) is 4.90. The van der Waals surface area contributed by atoms with Crippen LogP contribution in [0.2, 0.25) is 10.8 Å².